The highest BCUT2D eigenvalue weighted by Gasteiger charge is 2.10. The summed E-state index contributed by atoms with van der Waals surface area (Å²) in [5, 5.41) is 1.34. The Morgan fingerprint density at radius 2 is 1.73 bits per heavy atom. The SMILES string of the molecule is Cc1cc(Br)cc2[nH]c(Cc3cc(Br)c4c(=O)cc[nH]c4c3)cc(=O)c12. The maximum atomic E-state index is 12.6. The van der Waals surface area contributed by atoms with E-state index in [-0.39, 0.29) is 10.9 Å². The summed E-state index contributed by atoms with van der Waals surface area (Å²) in [7, 11) is 0. The number of hydrogen-bond donors (Lipinski definition) is 2. The Labute approximate surface area is 165 Å². The molecule has 0 atom stereocenters. The van der Waals surface area contributed by atoms with Crippen molar-refractivity contribution in [1.29, 1.82) is 0 Å². The highest BCUT2D eigenvalue weighted by molar-refractivity contribution is 9.11. The van der Waals surface area contributed by atoms with Gasteiger partial charge in [-0.25, -0.2) is 0 Å². The van der Waals surface area contributed by atoms with Gasteiger partial charge in [0.05, 0.1) is 16.4 Å². The summed E-state index contributed by atoms with van der Waals surface area (Å²) < 4.78 is 1.68. The zero-order chi connectivity index (χ0) is 18.4. The van der Waals surface area contributed by atoms with Crippen LogP contribution in [0.3, 0.4) is 0 Å². The molecular weight excluding hydrogens is 460 g/mol. The fourth-order valence-electron chi connectivity index (χ4n) is 3.34. The van der Waals surface area contributed by atoms with E-state index in [2.05, 4.69) is 41.8 Å². The topological polar surface area (TPSA) is 65.7 Å². The molecule has 26 heavy (non-hydrogen) atoms. The lowest BCUT2D eigenvalue weighted by Crippen LogP contribution is -2.08. The normalized spacial score (nSPS) is 11.3. The highest BCUT2D eigenvalue weighted by atomic mass is 79.9. The van der Waals surface area contributed by atoms with Gasteiger partial charge in [-0.1, -0.05) is 15.9 Å². The quantitative estimate of drug-likeness (QED) is 0.439. The minimum atomic E-state index is -0.0309. The molecule has 0 spiro atoms. The van der Waals surface area contributed by atoms with Crippen LogP contribution in [0.25, 0.3) is 21.8 Å². The average Bonchev–Trinajstić information content (AvgIpc) is 2.53. The van der Waals surface area contributed by atoms with Crippen LogP contribution in [0.5, 0.6) is 0 Å². The zero-order valence-corrected chi connectivity index (χ0v) is 17.0. The summed E-state index contributed by atoms with van der Waals surface area (Å²) in [5.41, 5.74) is 4.31. The number of pyridine rings is 2. The monoisotopic (exact) mass is 472 g/mol. The van der Waals surface area contributed by atoms with Gasteiger partial charge < -0.3 is 9.97 Å². The number of aryl methyl sites for hydroxylation is 1. The van der Waals surface area contributed by atoms with E-state index in [1.54, 1.807) is 12.3 Å². The number of aromatic amines is 2. The third-order valence-electron chi connectivity index (χ3n) is 4.41. The molecule has 0 fully saturated rings. The molecule has 130 valence electrons. The van der Waals surface area contributed by atoms with Crippen molar-refractivity contribution in [3.8, 4) is 0 Å². The van der Waals surface area contributed by atoms with E-state index in [0.717, 1.165) is 36.8 Å². The molecule has 0 aliphatic heterocycles. The Balaban J connectivity index is 1.84. The van der Waals surface area contributed by atoms with Gasteiger partial charge >= 0.3 is 0 Å². The molecule has 0 bridgehead atoms. The third kappa shape index (κ3) is 3.04. The minimum absolute atomic E-state index is 0.00649. The Kier molecular flexibility index (Phi) is 4.32. The fourth-order valence-corrected chi connectivity index (χ4v) is 4.62. The van der Waals surface area contributed by atoms with Gasteiger partial charge in [0, 0.05) is 44.8 Å². The molecule has 4 aromatic rings. The summed E-state index contributed by atoms with van der Waals surface area (Å²) in [6.07, 6.45) is 2.20. The molecule has 0 unspecified atom stereocenters. The molecule has 2 aromatic heterocycles. The standard InChI is InChI=1S/C20H14Br2N2O2/c1-10-4-12(21)8-16-19(10)18(26)9-13(24-16)5-11-6-14(22)20-15(7-11)23-3-2-17(20)25/h2-4,6-9H,5H2,1H3,(H,23,25)(H,24,26). The van der Waals surface area contributed by atoms with Crippen molar-refractivity contribution < 1.29 is 0 Å². The molecular formula is C20H14Br2N2O2. The van der Waals surface area contributed by atoms with Crippen molar-refractivity contribution in [2.24, 2.45) is 0 Å². The zero-order valence-electron chi connectivity index (χ0n) is 13.8. The lowest BCUT2D eigenvalue weighted by Gasteiger charge is -2.09. The first kappa shape index (κ1) is 17.2. The third-order valence-corrected chi connectivity index (χ3v) is 5.50. The van der Waals surface area contributed by atoms with Crippen LogP contribution in [0, 0.1) is 6.92 Å². The second kappa shape index (κ2) is 6.52. The second-order valence-corrected chi connectivity index (χ2v) is 8.09. The van der Waals surface area contributed by atoms with Crippen molar-refractivity contribution >= 4 is 53.7 Å². The van der Waals surface area contributed by atoms with Crippen LogP contribution in [-0.4, -0.2) is 9.97 Å². The molecule has 0 saturated heterocycles. The van der Waals surface area contributed by atoms with Crippen molar-refractivity contribution in [2.75, 3.05) is 0 Å². The number of H-pyrrole nitrogens is 2. The second-order valence-electron chi connectivity index (χ2n) is 6.32. The molecule has 4 nitrogen and oxygen atoms in total. The van der Waals surface area contributed by atoms with Gasteiger partial charge in [0.15, 0.2) is 10.9 Å². The van der Waals surface area contributed by atoms with E-state index in [0.29, 0.717) is 17.2 Å². The molecule has 2 N–H and O–H groups in total. The van der Waals surface area contributed by atoms with Gasteiger partial charge in [-0.2, -0.15) is 0 Å². The van der Waals surface area contributed by atoms with E-state index in [1.165, 1.54) is 6.07 Å². The van der Waals surface area contributed by atoms with Gasteiger partial charge in [-0.3, -0.25) is 9.59 Å². The molecule has 6 heteroatoms. The van der Waals surface area contributed by atoms with Crippen LogP contribution >= 0.6 is 31.9 Å². The number of aromatic nitrogens is 2. The van der Waals surface area contributed by atoms with Crippen LogP contribution in [0.1, 0.15) is 16.8 Å². The van der Waals surface area contributed by atoms with Crippen LogP contribution in [0.4, 0.5) is 0 Å². The highest BCUT2D eigenvalue weighted by Crippen LogP contribution is 2.24. The first-order valence-electron chi connectivity index (χ1n) is 8.04. The van der Waals surface area contributed by atoms with Gasteiger partial charge in [0.2, 0.25) is 0 Å². The molecule has 4 rings (SSSR count). The number of rotatable bonds is 2. The van der Waals surface area contributed by atoms with Crippen LogP contribution in [-0.2, 0) is 6.42 Å². The maximum absolute atomic E-state index is 12.6. The van der Waals surface area contributed by atoms with Gasteiger partial charge in [0.1, 0.15) is 0 Å². The molecule has 0 aliphatic rings. The lowest BCUT2D eigenvalue weighted by molar-refractivity contribution is 1.09. The van der Waals surface area contributed by atoms with Crippen molar-refractivity contribution in [3.05, 3.63) is 88.8 Å². The number of nitrogens with one attached hydrogen (secondary N) is 2. The molecule has 2 heterocycles. The Morgan fingerprint density at radius 3 is 2.54 bits per heavy atom. The predicted molar refractivity (Wildman–Crippen MR) is 112 cm³/mol. The van der Waals surface area contributed by atoms with Gasteiger partial charge in [-0.05, 0) is 58.2 Å². The van der Waals surface area contributed by atoms with Crippen molar-refractivity contribution in [1.82, 2.24) is 9.97 Å². The lowest BCUT2D eigenvalue weighted by atomic mass is 10.0. The first-order chi connectivity index (χ1) is 12.4. The summed E-state index contributed by atoms with van der Waals surface area (Å²) in [6.45, 7) is 1.93. The number of fused-ring (bicyclic) bond motifs is 2. The predicted octanol–water partition coefficient (Wildman–Crippen LogP) is 4.79. The Hall–Kier alpha value is -2.18. The fraction of sp³-hybridized carbons (Fsp3) is 0.100. The summed E-state index contributed by atoms with van der Waals surface area (Å²) in [5.74, 6) is 0. The van der Waals surface area contributed by atoms with E-state index in [9.17, 15) is 9.59 Å². The summed E-state index contributed by atoms with van der Waals surface area (Å²) in [6, 6.07) is 10.9. The molecule has 0 saturated carbocycles. The largest absolute Gasteiger partial charge is 0.361 e. The van der Waals surface area contributed by atoms with Gasteiger partial charge in [-0.15, -0.1) is 0 Å². The first-order valence-corrected chi connectivity index (χ1v) is 9.63. The Bertz CT molecular complexity index is 1290. The van der Waals surface area contributed by atoms with Crippen molar-refractivity contribution in [2.45, 2.75) is 13.3 Å². The Morgan fingerprint density at radius 1 is 0.923 bits per heavy atom. The van der Waals surface area contributed by atoms with Crippen LogP contribution < -0.4 is 10.9 Å². The number of halogens is 2. The van der Waals surface area contributed by atoms with Gasteiger partial charge in [0.25, 0.3) is 0 Å². The number of benzene rings is 2. The summed E-state index contributed by atoms with van der Waals surface area (Å²) >= 11 is 6.97. The molecule has 2 aromatic carbocycles. The average molecular weight is 474 g/mol. The van der Waals surface area contributed by atoms with E-state index < -0.39 is 0 Å². The smallest absolute Gasteiger partial charge is 0.190 e. The van der Waals surface area contributed by atoms with E-state index >= 15 is 0 Å². The van der Waals surface area contributed by atoms with Crippen molar-refractivity contribution in [3.63, 3.8) is 0 Å². The molecule has 0 aliphatic carbocycles. The van der Waals surface area contributed by atoms with E-state index in [1.807, 2.05) is 31.2 Å². The number of hydrogen-bond acceptors (Lipinski definition) is 2. The minimum Gasteiger partial charge on any atom is -0.361 e. The van der Waals surface area contributed by atoms with Crippen LogP contribution in [0.15, 0.2) is 61.1 Å². The summed E-state index contributed by atoms with van der Waals surface area (Å²) in [4.78, 5) is 31.0. The molecule has 0 radical (unpaired) electrons. The van der Waals surface area contributed by atoms with Crippen LogP contribution in [0.2, 0.25) is 0 Å². The van der Waals surface area contributed by atoms with E-state index in [4.69, 9.17) is 0 Å². The maximum Gasteiger partial charge on any atom is 0.190 e. The molecule has 0 amide bonds.